The molecular weight excluding hydrogens is 88.1 g/mol. The van der Waals surface area contributed by atoms with Crippen molar-refractivity contribution in [2.24, 2.45) is 5.73 Å². The van der Waals surface area contributed by atoms with Crippen molar-refractivity contribution in [1.29, 1.82) is 0 Å². The molecule has 0 aromatic heterocycles. The summed E-state index contributed by atoms with van der Waals surface area (Å²) < 4.78 is 0. The lowest BCUT2D eigenvalue weighted by molar-refractivity contribution is -0.104. The molecule has 0 radical (unpaired) electrons. The molecule has 38 valence electrons. The highest BCUT2D eigenvalue weighted by Crippen LogP contribution is 1.65. The normalized spacial score (nSPS) is 10.9. The summed E-state index contributed by atoms with van der Waals surface area (Å²) in [6, 6.07) is 0. The molecule has 0 amide bonds. The molecule has 0 aromatic rings. The average Bonchev–Trinajstić information content (AvgIpc) is 1.69. The Morgan fingerprint density at radius 2 is 1.86 bits per heavy atom. The molecule has 0 saturated carbocycles. The summed E-state index contributed by atoms with van der Waals surface area (Å²) in [5.74, 6) is 0. The van der Waals surface area contributed by atoms with Crippen LogP contribution >= 0.6 is 0 Å². The summed E-state index contributed by atoms with van der Waals surface area (Å²) in [5, 5.41) is 4.98. The van der Waals surface area contributed by atoms with E-state index >= 15 is 0 Å². The predicted molar refractivity (Wildman–Crippen MR) is 30.5 cm³/mol. The second-order valence-corrected chi connectivity index (χ2v) is 0.962. The van der Waals surface area contributed by atoms with Gasteiger partial charge in [-0.15, -0.1) is 0 Å². The molecule has 0 fully saturated rings. The van der Waals surface area contributed by atoms with Gasteiger partial charge in [-0.25, -0.2) is 0 Å². The largest absolute Gasteiger partial charge is 0.405 e. The van der Waals surface area contributed by atoms with Crippen LogP contribution in [0.2, 0.25) is 0 Å². The van der Waals surface area contributed by atoms with Gasteiger partial charge in [0.2, 0.25) is 0 Å². The lowest BCUT2D eigenvalue weighted by atomic mass is 10.5. The van der Waals surface area contributed by atoms with E-state index in [0.717, 1.165) is 0 Å². The standard InChI is InChI=1S/C5H8N2/c6-4-2-1-3-5-7/h1-6H,7H2/p+1/b2-1+,5-3+,6-4?. The maximum atomic E-state index is 4.98. The van der Waals surface area contributed by atoms with Crippen LogP contribution in [0.15, 0.2) is 24.4 Å². The van der Waals surface area contributed by atoms with Crippen molar-refractivity contribution in [2.75, 3.05) is 0 Å². The topological polar surface area (TPSA) is 51.6 Å². The van der Waals surface area contributed by atoms with Crippen molar-refractivity contribution < 1.29 is 5.41 Å². The minimum Gasteiger partial charge on any atom is -0.405 e. The number of hydrogen-bond donors (Lipinski definition) is 2. The summed E-state index contributed by atoms with van der Waals surface area (Å²) in [5.41, 5.74) is 4.98. The molecule has 0 aromatic carbocycles. The minimum absolute atomic E-state index is 1.44. The first kappa shape index (κ1) is 5.95. The van der Waals surface area contributed by atoms with Crippen LogP contribution in [0.1, 0.15) is 0 Å². The van der Waals surface area contributed by atoms with E-state index in [9.17, 15) is 0 Å². The molecule has 0 aliphatic carbocycles. The van der Waals surface area contributed by atoms with Gasteiger partial charge in [0.1, 0.15) is 0 Å². The second-order valence-electron chi connectivity index (χ2n) is 0.962. The van der Waals surface area contributed by atoms with Gasteiger partial charge >= 0.3 is 0 Å². The first-order chi connectivity index (χ1) is 3.41. The number of allylic oxidation sites excluding steroid dienone is 3. The zero-order valence-electron chi connectivity index (χ0n) is 4.04. The van der Waals surface area contributed by atoms with Crippen LogP contribution in [0.4, 0.5) is 0 Å². The molecular formula is C5H9N2+. The number of nitrogens with two attached hydrogens (primary N) is 2. The van der Waals surface area contributed by atoms with Gasteiger partial charge in [-0.3, -0.25) is 5.41 Å². The van der Waals surface area contributed by atoms with Gasteiger partial charge in [0.15, 0.2) is 6.21 Å². The maximum absolute atomic E-state index is 4.98. The van der Waals surface area contributed by atoms with E-state index in [2.05, 4.69) is 0 Å². The van der Waals surface area contributed by atoms with Gasteiger partial charge in [0.25, 0.3) is 0 Å². The maximum Gasteiger partial charge on any atom is 0.160 e. The monoisotopic (exact) mass is 97.1 g/mol. The fourth-order valence-corrected chi connectivity index (χ4v) is 0.192. The minimum atomic E-state index is 1.44. The lowest BCUT2D eigenvalue weighted by Gasteiger charge is -1.63. The molecule has 0 aliphatic heterocycles. The van der Waals surface area contributed by atoms with Crippen molar-refractivity contribution in [3.63, 3.8) is 0 Å². The van der Waals surface area contributed by atoms with E-state index in [-0.39, 0.29) is 0 Å². The van der Waals surface area contributed by atoms with Gasteiger partial charge in [-0.05, 0) is 12.3 Å². The summed E-state index contributed by atoms with van der Waals surface area (Å²) in [6.07, 6.45) is 8.03. The van der Waals surface area contributed by atoms with Crippen LogP contribution in [-0.2, 0) is 0 Å². The molecule has 7 heavy (non-hydrogen) atoms. The van der Waals surface area contributed by atoms with Gasteiger partial charge in [0.05, 0.1) is 0 Å². The van der Waals surface area contributed by atoms with Gasteiger partial charge < -0.3 is 5.73 Å². The number of hydrogen-bond acceptors (Lipinski definition) is 1. The highest BCUT2D eigenvalue weighted by Gasteiger charge is 1.57. The van der Waals surface area contributed by atoms with Crippen LogP contribution in [0.3, 0.4) is 0 Å². The fourth-order valence-electron chi connectivity index (χ4n) is 0.192. The Balaban J connectivity index is 3.27. The highest BCUT2D eigenvalue weighted by molar-refractivity contribution is 5.65. The van der Waals surface area contributed by atoms with Crippen LogP contribution in [0, 0.1) is 0 Å². The van der Waals surface area contributed by atoms with Crippen molar-refractivity contribution in [3.05, 3.63) is 24.4 Å². The Hall–Kier alpha value is -1.05. The average molecular weight is 97.1 g/mol. The summed E-state index contributed by atoms with van der Waals surface area (Å²) in [4.78, 5) is 0. The van der Waals surface area contributed by atoms with E-state index in [1.54, 1.807) is 18.2 Å². The molecule has 0 spiro atoms. The van der Waals surface area contributed by atoms with Crippen LogP contribution < -0.4 is 11.1 Å². The zero-order valence-corrected chi connectivity index (χ0v) is 4.04. The van der Waals surface area contributed by atoms with Crippen LogP contribution in [-0.4, -0.2) is 6.21 Å². The van der Waals surface area contributed by atoms with Crippen molar-refractivity contribution in [2.45, 2.75) is 0 Å². The van der Waals surface area contributed by atoms with Gasteiger partial charge in [-0.1, -0.05) is 6.08 Å². The van der Waals surface area contributed by atoms with Crippen molar-refractivity contribution >= 4 is 6.21 Å². The van der Waals surface area contributed by atoms with E-state index in [4.69, 9.17) is 11.1 Å². The third-order valence-corrected chi connectivity index (χ3v) is 0.444. The van der Waals surface area contributed by atoms with Crippen molar-refractivity contribution in [3.8, 4) is 0 Å². The van der Waals surface area contributed by atoms with Crippen LogP contribution in [0.25, 0.3) is 0 Å². The summed E-state index contributed by atoms with van der Waals surface area (Å²) in [6.45, 7) is 0. The Morgan fingerprint density at radius 1 is 1.14 bits per heavy atom. The Bertz CT molecular complexity index is 92.3. The summed E-state index contributed by atoms with van der Waals surface area (Å²) >= 11 is 0. The molecule has 0 saturated heterocycles. The predicted octanol–water partition coefficient (Wildman–Crippen LogP) is -1.16. The number of rotatable bonds is 2. The van der Waals surface area contributed by atoms with Crippen LogP contribution in [0.5, 0.6) is 0 Å². The van der Waals surface area contributed by atoms with E-state index in [1.807, 2.05) is 0 Å². The fraction of sp³-hybridized carbons (Fsp3) is 0. The third kappa shape index (κ3) is 4.95. The van der Waals surface area contributed by atoms with E-state index < -0.39 is 0 Å². The van der Waals surface area contributed by atoms with Gasteiger partial charge in [0, 0.05) is 6.08 Å². The molecule has 0 atom stereocenters. The molecule has 0 bridgehead atoms. The SMILES string of the molecule is N/C=C/C=C/C=[NH2+]. The molecule has 2 nitrogen and oxygen atoms in total. The molecule has 0 aliphatic rings. The quantitative estimate of drug-likeness (QED) is 0.331. The molecule has 0 unspecified atom stereocenters. The Kier molecular flexibility index (Phi) is 4.21. The molecule has 0 rings (SSSR count). The zero-order chi connectivity index (χ0) is 5.54. The molecule has 4 N–H and O–H groups in total. The lowest BCUT2D eigenvalue weighted by Crippen LogP contribution is -2.27. The first-order valence-electron chi connectivity index (χ1n) is 2.00. The Labute approximate surface area is 42.8 Å². The highest BCUT2D eigenvalue weighted by atomic mass is 14.5. The van der Waals surface area contributed by atoms with Crippen molar-refractivity contribution in [1.82, 2.24) is 0 Å². The summed E-state index contributed by atoms with van der Waals surface area (Å²) in [7, 11) is 0. The molecule has 0 heterocycles. The Morgan fingerprint density at radius 3 is 2.29 bits per heavy atom. The second kappa shape index (κ2) is 4.95. The first-order valence-corrected chi connectivity index (χ1v) is 2.00. The smallest absolute Gasteiger partial charge is 0.160 e. The van der Waals surface area contributed by atoms with E-state index in [1.165, 1.54) is 12.4 Å². The van der Waals surface area contributed by atoms with E-state index in [0.29, 0.717) is 0 Å². The third-order valence-electron chi connectivity index (χ3n) is 0.444. The molecule has 2 heteroatoms. The van der Waals surface area contributed by atoms with Gasteiger partial charge in [-0.2, -0.15) is 0 Å².